The first kappa shape index (κ1) is 12.9. The maximum atomic E-state index is 5.82. The van der Waals surface area contributed by atoms with Crippen molar-refractivity contribution < 1.29 is 4.74 Å². The van der Waals surface area contributed by atoms with Crippen LogP contribution in [0.3, 0.4) is 0 Å². The number of aromatic nitrogens is 1. The van der Waals surface area contributed by atoms with Gasteiger partial charge in [0.2, 0.25) is 0 Å². The van der Waals surface area contributed by atoms with Crippen molar-refractivity contribution in [3.8, 4) is 5.75 Å². The first-order valence-electron chi connectivity index (χ1n) is 6.46. The van der Waals surface area contributed by atoms with Gasteiger partial charge < -0.3 is 4.74 Å². The summed E-state index contributed by atoms with van der Waals surface area (Å²) < 4.78 is 5.80. The van der Waals surface area contributed by atoms with Crippen LogP contribution in [0.4, 0.5) is 0 Å². The van der Waals surface area contributed by atoms with Crippen molar-refractivity contribution in [3.05, 3.63) is 71.9 Å². The first-order chi connectivity index (χ1) is 9.85. The van der Waals surface area contributed by atoms with Crippen LogP contribution in [-0.4, -0.2) is 4.98 Å². The number of halogens is 1. The Labute approximate surface area is 123 Å². The molecule has 0 unspecified atom stereocenters. The van der Waals surface area contributed by atoms with Crippen molar-refractivity contribution in [2.45, 2.75) is 12.5 Å². The minimum atomic E-state index is 0.499. The molecule has 2 aromatic carbocycles. The molecule has 0 saturated heterocycles. The van der Waals surface area contributed by atoms with Gasteiger partial charge in [-0.2, -0.15) is 0 Å². The summed E-state index contributed by atoms with van der Waals surface area (Å²) in [6.45, 7) is 0.538. The summed E-state index contributed by atoms with van der Waals surface area (Å²) in [7, 11) is 0. The van der Waals surface area contributed by atoms with Gasteiger partial charge in [0, 0.05) is 17.5 Å². The molecule has 0 bridgehead atoms. The Morgan fingerprint density at radius 2 is 1.90 bits per heavy atom. The van der Waals surface area contributed by atoms with Crippen molar-refractivity contribution >= 4 is 22.5 Å². The Bertz CT molecular complexity index is 727. The van der Waals surface area contributed by atoms with Gasteiger partial charge in [0.1, 0.15) is 12.4 Å². The number of rotatable bonds is 4. The van der Waals surface area contributed by atoms with Gasteiger partial charge in [-0.3, -0.25) is 4.98 Å². The molecule has 3 rings (SSSR count). The van der Waals surface area contributed by atoms with Crippen LogP contribution in [0.15, 0.2) is 60.8 Å². The molecule has 100 valence electrons. The molecule has 0 atom stereocenters. The third-order valence-corrected chi connectivity index (χ3v) is 3.43. The zero-order valence-electron chi connectivity index (χ0n) is 10.9. The number of ether oxygens (including phenoxy) is 1. The van der Waals surface area contributed by atoms with E-state index in [2.05, 4.69) is 17.1 Å². The Morgan fingerprint density at radius 1 is 0.950 bits per heavy atom. The third-order valence-electron chi connectivity index (χ3n) is 3.13. The SMILES string of the molecule is ClCc1cccc(OCc2ccc3ncccc3c2)c1. The summed E-state index contributed by atoms with van der Waals surface area (Å²) in [4.78, 5) is 4.31. The summed E-state index contributed by atoms with van der Waals surface area (Å²) in [5.74, 6) is 1.34. The van der Waals surface area contributed by atoms with Crippen LogP contribution in [-0.2, 0) is 12.5 Å². The minimum Gasteiger partial charge on any atom is -0.489 e. The van der Waals surface area contributed by atoms with Gasteiger partial charge in [-0.1, -0.05) is 24.3 Å². The molecule has 1 aromatic heterocycles. The lowest BCUT2D eigenvalue weighted by atomic mass is 10.1. The van der Waals surface area contributed by atoms with Crippen LogP contribution in [0.25, 0.3) is 10.9 Å². The van der Waals surface area contributed by atoms with E-state index in [1.54, 1.807) is 6.20 Å². The number of alkyl halides is 1. The summed E-state index contributed by atoms with van der Waals surface area (Å²) in [5, 5.41) is 1.13. The van der Waals surface area contributed by atoms with Crippen molar-refractivity contribution in [1.29, 1.82) is 0 Å². The van der Waals surface area contributed by atoms with E-state index in [0.717, 1.165) is 27.8 Å². The van der Waals surface area contributed by atoms with Crippen molar-refractivity contribution in [2.24, 2.45) is 0 Å². The zero-order chi connectivity index (χ0) is 13.8. The van der Waals surface area contributed by atoms with E-state index in [-0.39, 0.29) is 0 Å². The maximum Gasteiger partial charge on any atom is 0.120 e. The third kappa shape index (κ3) is 2.91. The fourth-order valence-electron chi connectivity index (χ4n) is 2.10. The van der Waals surface area contributed by atoms with Crippen LogP contribution in [0, 0.1) is 0 Å². The van der Waals surface area contributed by atoms with E-state index in [4.69, 9.17) is 16.3 Å². The number of benzene rings is 2. The van der Waals surface area contributed by atoms with Crippen molar-refractivity contribution in [1.82, 2.24) is 4.98 Å². The lowest BCUT2D eigenvalue weighted by Crippen LogP contribution is -1.96. The van der Waals surface area contributed by atoms with Gasteiger partial charge in [-0.25, -0.2) is 0 Å². The largest absolute Gasteiger partial charge is 0.489 e. The molecule has 1 heterocycles. The minimum absolute atomic E-state index is 0.499. The second-order valence-electron chi connectivity index (χ2n) is 4.60. The quantitative estimate of drug-likeness (QED) is 0.655. The first-order valence-corrected chi connectivity index (χ1v) is 7.00. The predicted octanol–water partition coefficient (Wildman–Crippen LogP) is 4.55. The number of hydrogen-bond donors (Lipinski definition) is 0. The molecular formula is C17H14ClNO. The van der Waals surface area contributed by atoms with Gasteiger partial charge in [-0.15, -0.1) is 11.6 Å². The van der Waals surface area contributed by atoms with Crippen LogP contribution >= 0.6 is 11.6 Å². The van der Waals surface area contributed by atoms with Gasteiger partial charge >= 0.3 is 0 Å². The molecule has 0 radical (unpaired) electrons. The topological polar surface area (TPSA) is 22.1 Å². The Morgan fingerprint density at radius 3 is 2.80 bits per heavy atom. The fourth-order valence-corrected chi connectivity index (χ4v) is 2.27. The molecule has 2 nitrogen and oxygen atoms in total. The van der Waals surface area contributed by atoms with Crippen LogP contribution in [0.5, 0.6) is 5.75 Å². The Kier molecular flexibility index (Phi) is 3.84. The molecule has 0 spiro atoms. The van der Waals surface area contributed by atoms with Crippen LogP contribution in [0.1, 0.15) is 11.1 Å². The number of nitrogens with zero attached hydrogens (tertiary/aromatic N) is 1. The predicted molar refractivity (Wildman–Crippen MR) is 82.1 cm³/mol. The molecule has 0 N–H and O–H groups in total. The monoisotopic (exact) mass is 283 g/mol. The number of pyridine rings is 1. The molecule has 0 aliphatic rings. The van der Waals surface area contributed by atoms with E-state index in [1.807, 2.05) is 42.5 Å². The molecule has 3 aromatic rings. The molecular weight excluding hydrogens is 270 g/mol. The maximum absolute atomic E-state index is 5.82. The average Bonchev–Trinajstić information content (AvgIpc) is 2.53. The summed E-state index contributed by atoms with van der Waals surface area (Å²) in [5.41, 5.74) is 3.19. The Hall–Kier alpha value is -2.06. The lowest BCUT2D eigenvalue weighted by Gasteiger charge is -2.08. The van der Waals surface area contributed by atoms with E-state index < -0.39 is 0 Å². The molecule has 0 saturated carbocycles. The van der Waals surface area contributed by atoms with Crippen molar-refractivity contribution in [3.63, 3.8) is 0 Å². The number of hydrogen-bond acceptors (Lipinski definition) is 2. The summed E-state index contributed by atoms with van der Waals surface area (Å²) in [6.07, 6.45) is 1.80. The highest BCUT2D eigenvalue weighted by Gasteiger charge is 2.00. The molecule has 0 aliphatic heterocycles. The molecule has 0 fully saturated rings. The van der Waals surface area contributed by atoms with Crippen LogP contribution < -0.4 is 4.74 Å². The summed E-state index contributed by atoms with van der Waals surface area (Å²) in [6, 6.07) is 18.0. The smallest absolute Gasteiger partial charge is 0.120 e. The molecule has 20 heavy (non-hydrogen) atoms. The van der Waals surface area contributed by atoms with Crippen LogP contribution in [0.2, 0.25) is 0 Å². The molecule has 3 heteroatoms. The normalized spacial score (nSPS) is 10.7. The van der Waals surface area contributed by atoms with E-state index in [1.165, 1.54) is 0 Å². The standard InChI is InChI=1S/C17H14ClNO/c18-11-13-3-1-5-16(10-13)20-12-14-6-7-17-15(9-14)4-2-8-19-17/h1-10H,11-12H2. The fraction of sp³-hybridized carbons (Fsp3) is 0.118. The second-order valence-corrected chi connectivity index (χ2v) is 4.87. The highest BCUT2D eigenvalue weighted by atomic mass is 35.5. The zero-order valence-corrected chi connectivity index (χ0v) is 11.7. The van der Waals surface area contributed by atoms with E-state index in [0.29, 0.717) is 12.5 Å². The van der Waals surface area contributed by atoms with Gasteiger partial charge in [0.15, 0.2) is 0 Å². The highest BCUT2D eigenvalue weighted by molar-refractivity contribution is 6.17. The lowest BCUT2D eigenvalue weighted by molar-refractivity contribution is 0.306. The van der Waals surface area contributed by atoms with Gasteiger partial charge in [0.05, 0.1) is 5.52 Å². The highest BCUT2D eigenvalue weighted by Crippen LogP contribution is 2.18. The molecule has 0 amide bonds. The second kappa shape index (κ2) is 5.93. The van der Waals surface area contributed by atoms with Crippen molar-refractivity contribution in [2.75, 3.05) is 0 Å². The van der Waals surface area contributed by atoms with Gasteiger partial charge in [-0.05, 0) is 41.5 Å². The Balaban J connectivity index is 1.76. The number of fused-ring (bicyclic) bond motifs is 1. The average molecular weight is 284 g/mol. The summed E-state index contributed by atoms with van der Waals surface area (Å²) >= 11 is 5.82. The molecule has 0 aliphatic carbocycles. The van der Waals surface area contributed by atoms with Gasteiger partial charge in [0.25, 0.3) is 0 Å². The van der Waals surface area contributed by atoms with E-state index >= 15 is 0 Å². The van der Waals surface area contributed by atoms with E-state index in [9.17, 15) is 0 Å².